The van der Waals surface area contributed by atoms with Gasteiger partial charge in [-0.05, 0) is 5.92 Å². The molecule has 0 radical (unpaired) electrons. The van der Waals surface area contributed by atoms with Crippen LogP contribution in [0.15, 0.2) is 0 Å². The molecule has 0 rings (SSSR count). The van der Waals surface area contributed by atoms with E-state index in [0.717, 1.165) is 0 Å². The minimum Gasteiger partial charge on any atom is -0.300 e. The lowest BCUT2D eigenvalue weighted by Gasteiger charge is -2.20. The summed E-state index contributed by atoms with van der Waals surface area (Å²) in [6.07, 6.45) is 0.958. The second-order valence-corrected chi connectivity index (χ2v) is 4.50. The van der Waals surface area contributed by atoms with Gasteiger partial charge in [-0.2, -0.15) is 0 Å². The molecular formula is C12H22O2. The summed E-state index contributed by atoms with van der Waals surface area (Å²) in [6, 6.07) is 0. The van der Waals surface area contributed by atoms with E-state index in [4.69, 9.17) is 0 Å². The summed E-state index contributed by atoms with van der Waals surface area (Å²) in [5.41, 5.74) is 0. The van der Waals surface area contributed by atoms with Crippen LogP contribution in [0.2, 0.25) is 0 Å². The van der Waals surface area contributed by atoms with Gasteiger partial charge in [0.2, 0.25) is 0 Å². The summed E-state index contributed by atoms with van der Waals surface area (Å²) in [7, 11) is 0. The molecule has 0 fully saturated rings. The highest BCUT2D eigenvalue weighted by Gasteiger charge is 2.25. The predicted octanol–water partition coefficient (Wildman–Crippen LogP) is 2.85. The molecule has 0 aromatic heterocycles. The molecule has 14 heavy (non-hydrogen) atoms. The molecule has 1 atom stereocenters. The van der Waals surface area contributed by atoms with Crippen LogP contribution in [-0.4, -0.2) is 11.6 Å². The molecule has 0 amide bonds. The molecule has 0 unspecified atom stereocenters. The summed E-state index contributed by atoms with van der Waals surface area (Å²) in [5.74, 6) is 0.634. The Morgan fingerprint density at radius 2 is 1.57 bits per heavy atom. The molecule has 0 heterocycles. The SMILES string of the molecule is CCC(=O)C[C@@H](C(=O)C(C)C)C(C)C. The molecule has 2 nitrogen and oxygen atoms in total. The van der Waals surface area contributed by atoms with Crippen LogP contribution < -0.4 is 0 Å². The number of carbonyl (C=O) groups is 2. The van der Waals surface area contributed by atoms with E-state index in [0.29, 0.717) is 12.8 Å². The van der Waals surface area contributed by atoms with Gasteiger partial charge in [0, 0.05) is 24.7 Å². The molecule has 0 saturated heterocycles. The van der Waals surface area contributed by atoms with E-state index >= 15 is 0 Å². The lowest BCUT2D eigenvalue weighted by Crippen LogP contribution is -2.26. The van der Waals surface area contributed by atoms with Gasteiger partial charge < -0.3 is 0 Å². The van der Waals surface area contributed by atoms with E-state index in [1.54, 1.807) is 0 Å². The van der Waals surface area contributed by atoms with Crippen LogP contribution in [0.4, 0.5) is 0 Å². The van der Waals surface area contributed by atoms with E-state index in [9.17, 15) is 9.59 Å². The molecule has 0 aliphatic heterocycles. The van der Waals surface area contributed by atoms with Crippen molar-refractivity contribution < 1.29 is 9.59 Å². The molecule has 2 heteroatoms. The number of hydrogen-bond donors (Lipinski definition) is 0. The fourth-order valence-electron chi connectivity index (χ4n) is 1.48. The van der Waals surface area contributed by atoms with Crippen molar-refractivity contribution in [2.75, 3.05) is 0 Å². The summed E-state index contributed by atoms with van der Waals surface area (Å²) >= 11 is 0. The highest BCUT2D eigenvalue weighted by Crippen LogP contribution is 2.21. The van der Waals surface area contributed by atoms with E-state index in [1.165, 1.54) is 0 Å². The molecule has 0 aromatic rings. The average Bonchev–Trinajstić information content (AvgIpc) is 2.11. The number of Topliss-reactive ketones (excluding diaryl/α,β-unsaturated/α-hetero) is 2. The van der Waals surface area contributed by atoms with E-state index in [-0.39, 0.29) is 29.3 Å². The van der Waals surface area contributed by atoms with Crippen molar-refractivity contribution in [3.05, 3.63) is 0 Å². The van der Waals surface area contributed by atoms with Gasteiger partial charge in [-0.3, -0.25) is 9.59 Å². The lowest BCUT2D eigenvalue weighted by atomic mass is 9.82. The molecule has 0 saturated carbocycles. The maximum absolute atomic E-state index is 11.8. The van der Waals surface area contributed by atoms with Gasteiger partial charge in [0.05, 0.1) is 0 Å². The fraction of sp³-hybridized carbons (Fsp3) is 0.833. The normalized spacial score (nSPS) is 13.4. The van der Waals surface area contributed by atoms with Crippen LogP contribution in [0.1, 0.15) is 47.5 Å². The minimum absolute atomic E-state index is 0.0343. The first-order valence-corrected chi connectivity index (χ1v) is 5.45. The third-order valence-corrected chi connectivity index (χ3v) is 2.58. The van der Waals surface area contributed by atoms with Crippen LogP contribution >= 0.6 is 0 Å². The van der Waals surface area contributed by atoms with Gasteiger partial charge in [-0.1, -0.05) is 34.6 Å². The van der Waals surface area contributed by atoms with Gasteiger partial charge >= 0.3 is 0 Å². The molecule has 0 aliphatic rings. The van der Waals surface area contributed by atoms with Crippen LogP contribution in [-0.2, 0) is 9.59 Å². The number of hydrogen-bond acceptors (Lipinski definition) is 2. The Morgan fingerprint density at radius 3 is 1.86 bits per heavy atom. The maximum Gasteiger partial charge on any atom is 0.139 e. The average molecular weight is 198 g/mol. The Balaban J connectivity index is 4.45. The molecule has 0 N–H and O–H groups in total. The molecule has 82 valence electrons. The van der Waals surface area contributed by atoms with Gasteiger partial charge in [-0.25, -0.2) is 0 Å². The summed E-state index contributed by atoms with van der Waals surface area (Å²) in [4.78, 5) is 23.1. The van der Waals surface area contributed by atoms with Crippen LogP contribution in [0.5, 0.6) is 0 Å². The Kier molecular flexibility index (Phi) is 5.66. The quantitative estimate of drug-likeness (QED) is 0.657. The third kappa shape index (κ3) is 4.03. The Morgan fingerprint density at radius 1 is 1.07 bits per heavy atom. The number of carbonyl (C=O) groups excluding carboxylic acids is 2. The summed E-state index contributed by atoms with van der Waals surface area (Å²) < 4.78 is 0. The van der Waals surface area contributed by atoms with Crippen LogP contribution in [0.25, 0.3) is 0 Å². The Hall–Kier alpha value is -0.660. The molecule has 0 aromatic carbocycles. The predicted molar refractivity (Wildman–Crippen MR) is 58.1 cm³/mol. The summed E-state index contributed by atoms with van der Waals surface area (Å²) in [5, 5.41) is 0. The molecular weight excluding hydrogens is 176 g/mol. The van der Waals surface area contributed by atoms with Crippen molar-refractivity contribution in [2.24, 2.45) is 17.8 Å². The highest BCUT2D eigenvalue weighted by molar-refractivity contribution is 5.89. The number of rotatable bonds is 6. The first-order valence-electron chi connectivity index (χ1n) is 5.45. The van der Waals surface area contributed by atoms with Crippen LogP contribution in [0.3, 0.4) is 0 Å². The van der Waals surface area contributed by atoms with Crippen molar-refractivity contribution in [1.29, 1.82) is 0 Å². The molecule has 0 aliphatic carbocycles. The molecule has 0 bridgehead atoms. The zero-order valence-corrected chi connectivity index (χ0v) is 9.96. The Bertz CT molecular complexity index is 204. The van der Waals surface area contributed by atoms with Crippen molar-refractivity contribution in [3.63, 3.8) is 0 Å². The lowest BCUT2D eigenvalue weighted by molar-refractivity contribution is -0.131. The highest BCUT2D eigenvalue weighted by atomic mass is 16.1. The van der Waals surface area contributed by atoms with Gasteiger partial charge in [0.1, 0.15) is 11.6 Å². The van der Waals surface area contributed by atoms with Crippen molar-refractivity contribution in [1.82, 2.24) is 0 Å². The van der Waals surface area contributed by atoms with Crippen molar-refractivity contribution in [2.45, 2.75) is 47.5 Å². The van der Waals surface area contributed by atoms with Gasteiger partial charge in [-0.15, -0.1) is 0 Å². The van der Waals surface area contributed by atoms with E-state index in [2.05, 4.69) is 0 Å². The Labute approximate surface area is 87.1 Å². The maximum atomic E-state index is 11.8. The fourth-order valence-corrected chi connectivity index (χ4v) is 1.48. The van der Waals surface area contributed by atoms with E-state index in [1.807, 2.05) is 34.6 Å². The number of ketones is 2. The topological polar surface area (TPSA) is 34.1 Å². The standard InChI is InChI=1S/C12H22O2/c1-6-10(13)7-11(8(2)3)12(14)9(4)5/h8-9,11H,6-7H2,1-5H3/t11-/m1/s1. The van der Waals surface area contributed by atoms with Gasteiger partial charge in [0.15, 0.2) is 0 Å². The first kappa shape index (κ1) is 13.3. The second-order valence-electron chi connectivity index (χ2n) is 4.50. The first-order chi connectivity index (χ1) is 6.40. The smallest absolute Gasteiger partial charge is 0.139 e. The van der Waals surface area contributed by atoms with Crippen LogP contribution in [0, 0.1) is 17.8 Å². The van der Waals surface area contributed by atoms with E-state index < -0.39 is 0 Å². The summed E-state index contributed by atoms with van der Waals surface area (Å²) in [6.45, 7) is 9.66. The molecule has 0 spiro atoms. The second kappa shape index (κ2) is 5.94. The van der Waals surface area contributed by atoms with Crippen molar-refractivity contribution >= 4 is 11.6 Å². The zero-order chi connectivity index (χ0) is 11.3. The van der Waals surface area contributed by atoms with Gasteiger partial charge in [0.25, 0.3) is 0 Å². The largest absolute Gasteiger partial charge is 0.300 e. The third-order valence-electron chi connectivity index (χ3n) is 2.58. The zero-order valence-electron chi connectivity index (χ0n) is 9.96. The monoisotopic (exact) mass is 198 g/mol. The van der Waals surface area contributed by atoms with Crippen molar-refractivity contribution in [3.8, 4) is 0 Å². The minimum atomic E-state index is -0.0811.